The first kappa shape index (κ1) is 12.5. The molecule has 1 unspecified atom stereocenters. The molecule has 1 N–H and O–H groups in total. The Morgan fingerprint density at radius 3 is 2.56 bits per heavy atom. The van der Waals surface area contributed by atoms with Crippen molar-refractivity contribution in [3.63, 3.8) is 0 Å². The molecule has 86 valence electrons. The van der Waals surface area contributed by atoms with Crippen LogP contribution < -0.4 is 10.1 Å². The van der Waals surface area contributed by atoms with Crippen LogP contribution in [-0.4, -0.2) is 13.7 Å². The van der Waals surface area contributed by atoms with Gasteiger partial charge in [-0.05, 0) is 24.1 Å². The van der Waals surface area contributed by atoms with Gasteiger partial charge in [-0.2, -0.15) is 5.26 Å². The van der Waals surface area contributed by atoms with Gasteiger partial charge in [0.1, 0.15) is 5.75 Å². The summed E-state index contributed by atoms with van der Waals surface area (Å²) in [6.07, 6.45) is 0.895. The molecule has 0 spiro atoms. The fourth-order valence-corrected chi connectivity index (χ4v) is 1.42. The first-order valence-electron chi connectivity index (χ1n) is 5.53. The number of benzene rings is 1. The predicted molar refractivity (Wildman–Crippen MR) is 64.1 cm³/mol. The lowest BCUT2D eigenvalue weighted by Gasteiger charge is -2.08. The lowest BCUT2D eigenvalue weighted by Crippen LogP contribution is -2.21. The second-order valence-electron chi connectivity index (χ2n) is 3.71. The Balaban J connectivity index is 2.34. The molecule has 0 aliphatic rings. The number of nitrogens with zero attached hydrogens (tertiary/aromatic N) is 1. The molecule has 0 aliphatic heterocycles. The Bertz CT molecular complexity index is 340. The van der Waals surface area contributed by atoms with Gasteiger partial charge in [-0.1, -0.05) is 19.1 Å². The molecule has 1 rings (SSSR count). The quantitative estimate of drug-likeness (QED) is 0.797. The Hall–Kier alpha value is -1.53. The molecule has 0 aliphatic carbocycles. The van der Waals surface area contributed by atoms with Crippen molar-refractivity contribution in [2.75, 3.05) is 13.7 Å². The van der Waals surface area contributed by atoms with Gasteiger partial charge in [0.25, 0.3) is 0 Å². The van der Waals surface area contributed by atoms with Crippen LogP contribution >= 0.6 is 0 Å². The first-order valence-corrected chi connectivity index (χ1v) is 5.53. The van der Waals surface area contributed by atoms with Crippen molar-refractivity contribution in [1.82, 2.24) is 5.32 Å². The lowest BCUT2D eigenvalue weighted by atomic mass is 10.1. The van der Waals surface area contributed by atoms with E-state index in [0.29, 0.717) is 0 Å². The molecule has 0 bridgehead atoms. The van der Waals surface area contributed by atoms with Crippen LogP contribution in [0.1, 0.15) is 18.9 Å². The van der Waals surface area contributed by atoms with Gasteiger partial charge in [0.15, 0.2) is 0 Å². The van der Waals surface area contributed by atoms with E-state index in [1.807, 2.05) is 31.2 Å². The molecule has 0 fully saturated rings. The Kier molecular flexibility index (Phi) is 5.38. The molecule has 1 aromatic carbocycles. The molecular formula is C13H18N2O. The van der Waals surface area contributed by atoms with Crippen molar-refractivity contribution in [2.24, 2.45) is 5.92 Å². The van der Waals surface area contributed by atoms with Crippen LogP contribution in [0.3, 0.4) is 0 Å². The summed E-state index contributed by atoms with van der Waals surface area (Å²) in [4.78, 5) is 0. The topological polar surface area (TPSA) is 45.0 Å². The summed E-state index contributed by atoms with van der Waals surface area (Å²) in [7, 11) is 1.66. The summed E-state index contributed by atoms with van der Waals surface area (Å²) in [5, 5.41) is 12.1. The van der Waals surface area contributed by atoms with Crippen LogP contribution in [0.5, 0.6) is 5.75 Å². The molecule has 0 saturated carbocycles. The number of methoxy groups -OCH3 is 1. The van der Waals surface area contributed by atoms with Gasteiger partial charge in [-0.25, -0.2) is 0 Å². The van der Waals surface area contributed by atoms with Crippen LogP contribution in [0.4, 0.5) is 0 Å². The minimum absolute atomic E-state index is 0.109. The van der Waals surface area contributed by atoms with E-state index >= 15 is 0 Å². The lowest BCUT2D eigenvalue weighted by molar-refractivity contribution is 0.414. The van der Waals surface area contributed by atoms with Gasteiger partial charge >= 0.3 is 0 Å². The van der Waals surface area contributed by atoms with Crippen LogP contribution in [0.2, 0.25) is 0 Å². The monoisotopic (exact) mass is 218 g/mol. The zero-order valence-electron chi connectivity index (χ0n) is 9.86. The maximum Gasteiger partial charge on any atom is 0.118 e. The van der Waals surface area contributed by atoms with Gasteiger partial charge in [-0.3, -0.25) is 0 Å². The summed E-state index contributed by atoms with van der Waals surface area (Å²) in [6.45, 7) is 3.57. The van der Waals surface area contributed by atoms with Gasteiger partial charge in [0, 0.05) is 13.1 Å². The third-order valence-electron chi connectivity index (χ3n) is 2.55. The second-order valence-corrected chi connectivity index (χ2v) is 3.71. The molecule has 0 heterocycles. The molecule has 3 heteroatoms. The number of ether oxygens (including phenoxy) is 1. The molecule has 0 aromatic heterocycles. The average Bonchev–Trinajstić information content (AvgIpc) is 2.35. The van der Waals surface area contributed by atoms with Crippen molar-refractivity contribution in [3.05, 3.63) is 29.8 Å². The largest absolute Gasteiger partial charge is 0.497 e. The highest BCUT2D eigenvalue weighted by atomic mass is 16.5. The van der Waals surface area contributed by atoms with E-state index in [2.05, 4.69) is 11.4 Å². The van der Waals surface area contributed by atoms with E-state index in [9.17, 15) is 0 Å². The number of rotatable bonds is 6. The van der Waals surface area contributed by atoms with Crippen molar-refractivity contribution < 1.29 is 4.74 Å². The zero-order valence-corrected chi connectivity index (χ0v) is 9.86. The molecule has 3 nitrogen and oxygen atoms in total. The highest BCUT2D eigenvalue weighted by Gasteiger charge is 2.02. The summed E-state index contributed by atoms with van der Waals surface area (Å²) in [5.74, 6) is 0.977. The summed E-state index contributed by atoms with van der Waals surface area (Å²) in [5.41, 5.74) is 1.20. The minimum Gasteiger partial charge on any atom is -0.497 e. The molecule has 1 atom stereocenters. The van der Waals surface area contributed by atoms with Gasteiger partial charge in [-0.15, -0.1) is 0 Å². The Morgan fingerprint density at radius 2 is 2.06 bits per heavy atom. The average molecular weight is 218 g/mol. The molecular weight excluding hydrogens is 200 g/mol. The Labute approximate surface area is 97.0 Å². The van der Waals surface area contributed by atoms with Gasteiger partial charge in [0.05, 0.1) is 19.1 Å². The van der Waals surface area contributed by atoms with Crippen molar-refractivity contribution in [2.45, 2.75) is 19.9 Å². The van der Waals surface area contributed by atoms with E-state index < -0.39 is 0 Å². The number of hydrogen-bond acceptors (Lipinski definition) is 3. The minimum atomic E-state index is 0.109. The molecule has 0 radical (unpaired) electrons. The highest BCUT2D eigenvalue weighted by Crippen LogP contribution is 2.11. The van der Waals surface area contributed by atoms with Gasteiger partial charge < -0.3 is 10.1 Å². The summed E-state index contributed by atoms with van der Waals surface area (Å²) >= 11 is 0. The summed E-state index contributed by atoms with van der Waals surface area (Å²) in [6, 6.07) is 10.2. The molecule has 1 aromatic rings. The molecule has 0 amide bonds. The molecule has 16 heavy (non-hydrogen) atoms. The van der Waals surface area contributed by atoms with E-state index in [-0.39, 0.29) is 5.92 Å². The zero-order chi connectivity index (χ0) is 11.8. The third kappa shape index (κ3) is 3.92. The fourth-order valence-electron chi connectivity index (χ4n) is 1.42. The van der Waals surface area contributed by atoms with Gasteiger partial charge in [0.2, 0.25) is 0 Å². The Morgan fingerprint density at radius 1 is 1.38 bits per heavy atom. The van der Waals surface area contributed by atoms with Crippen LogP contribution in [-0.2, 0) is 6.54 Å². The van der Waals surface area contributed by atoms with Crippen LogP contribution in [0.15, 0.2) is 24.3 Å². The van der Waals surface area contributed by atoms with Crippen molar-refractivity contribution >= 4 is 0 Å². The maximum absolute atomic E-state index is 8.78. The van der Waals surface area contributed by atoms with E-state index in [1.54, 1.807) is 7.11 Å². The van der Waals surface area contributed by atoms with Crippen LogP contribution in [0.25, 0.3) is 0 Å². The normalized spacial score (nSPS) is 11.8. The van der Waals surface area contributed by atoms with Crippen molar-refractivity contribution in [3.8, 4) is 11.8 Å². The third-order valence-corrected chi connectivity index (χ3v) is 2.55. The predicted octanol–water partition coefficient (Wildman–Crippen LogP) is 2.33. The fraction of sp³-hybridized carbons (Fsp3) is 0.462. The van der Waals surface area contributed by atoms with E-state index in [4.69, 9.17) is 10.00 Å². The van der Waals surface area contributed by atoms with Crippen molar-refractivity contribution in [1.29, 1.82) is 5.26 Å². The number of hydrogen-bond donors (Lipinski definition) is 1. The standard InChI is InChI=1S/C13H18N2O/c1-3-11(8-14)9-15-10-12-4-6-13(16-2)7-5-12/h4-7,11,15H,3,9-10H2,1-2H3. The SMILES string of the molecule is CCC(C#N)CNCc1ccc(OC)cc1. The van der Waals surface area contributed by atoms with Crippen LogP contribution in [0, 0.1) is 17.2 Å². The van der Waals surface area contributed by atoms with E-state index in [1.165, 1.54) is 5.56 Å². The summed E-state index contributed by atoms with van der Waals surface area (Å²) < 4.78 is 5.08. The first-order chi connectivity index (χ1) is 7.80. The van der Waals surface area contributed by atoms with E-state index in [0.717, 1.165) is 25.3 Å². The maximum atomic E-state index is 8.78. The number of nitriles is 1. The smallest absolute Gasteiger partial charge is 0.118 e. The number of nitrogens with one attached hydrogen (secondary N) is 1. The molecule has 0 saturated heterocycles. The highest BCUT2D eigenvalue weighted by molar-refractivity contribution is 5.26. The second kappa shape index (κ2) is 6.86.